The number of hydrogen-bond donors (Lipinski definition) is 0. The lowest BCUT2D eigenvalue weighted by Crippen LogP contribution is -2.51. The van der Waals surface area contributed by atoms with Crippen molar-refractivity contribution in [3.8, 4) is 5.75 Å². The number of nitrogens with zero attached hydrogens (tertiary/aromatic N) is 3. The fraction of sp³-hybridized carbons (Fsp3) is 0.348. The van der Waals surface area contributed by atoms with Crippen LogP contribution in [-0.2, 0) is 0 Å². The third kappa shape index (κ3) is 2.73. The van der Waals surface area contributed by atoms with E-state index in [-0.39, 0.29) is 5.78 Å². The highest BCUT2D eigenvalue weighted by atomic mass is 16.5. The van der Waals surface area contributed by atoms with Gasteiger partial charge in [-0.3, -0.25) is 9.78 Å². The van der Waals surface area contributed by atoms with Gasteiger partial charge in [-0.2, -0.15) is 0 Å². The molecule has 0 saturated carbocycles. The van der Waals surface area contributed by atoms with Crippen molar-refractivity contribution in [2.24, 2.45) is 0 Å². The van der Waals surface area contributed by atoms with Crippen LogP contribution in [0.3, 0.4) is 0 Å². The van der Waals surface area contributed by atoms with Crippen LogP contribution in [0.5, 0.6) is 5.75 Å². The summed E-state index contributed by atoms with van der Waals surface area (Å²) >= 11 is 0. The van der Waals surface area contributed by atoms with Crippen LogP contribution in [0.25, 0.3) is 11.0 Å². The smallest absolute Gasteiger partial charge is 0.170 e. The number of anilines is 1. The molecule has 5 nitrogen and oxygen atoms in total. The first-order valence-corrected chi connectivity index (χ1v) is 9.84. The van der Waals surface area contributed by atoms with E-state index in [2.05, 4.69) is 16.8 Å². The summed E-state index contributed by atoms with van der Waals surface area (Å²) in [6.07, 6.45) is 3.91. The second-order valence-electron chi connectivity index (χ2n) is 7.97. The van der Waals surface area contributed by atoms with E-state index < -0.39 is 5.60 Å². The van der Waals surface area contributed by atoms with Crippen LogP contribution in [0, 0.1) is 13.8 Å². The Bertz CT molecular complexity index is 1080. The molecule has 142 valence electrons. The van der Waals surface area contributed by atoms with E-state index in [9.17, 15) is 4.79 Å². The zero-order valence-corrected chi connectivity index (χ0v) is 16.2. The number of hydrogen-bond acceptors (Lipinski definition) is 5. The average molecular weight is 373 g/mol. The van der Waals surface area contributed by atoms with Gasteiger partial charge in [0.15, 0.2) is 5.78 Å². The Balaban J connectivity index is 1.39. The van der Waals surface area contributed by atoms with Crippen molar-refractivity contribution >= 4 is 22.6 Å². The third-order valence-corrected chi connectivity index (χ3v) is 6.21. The number of carbonyl (C=O) groups excluding carboxylic acids is 1. The number of aromatic nitrogens is 2. The molecule has 1 aromatic heterocycles. The van der Waals surface area contributed by atoms with Crippen molar-refractivity contribution in [2.45, 2.75) is 38.7 Å². The van der Waals surface area contributed by atoms with E-state index >= 15 is 0 Å². The highest BCUT2D eigenvalue weighted by molar-refractivity contribution is 6.01. The third-order valence-electron chi connectivity index (χ3n) is 6.21. The van der Waals surface area contributed by atoms with E-state index in [0.29, 0.717) is 6.42 Å². The monoisotopic (exact) mass is 373 g/mol. The molecule has 2 aromatic carbocycles. The molecule has 2 aliphatic rings. The molecule has 28 heavy (non-hydrogen) atoms. The number of ketones is 1. The van der Waals surface area contributed by atoms with Crippen LogP contribution < -0.4 is 9.64 Å². The van der Waals surface area contributed by atoms with Gasteiger partial charge in [-0.15, -0.1) is 0 Å². The number of para-hydroxylation sites is 2. The normalized spacial score (nSPS) is 18.2. The SMILES string of the molecule is Cc1ccc2c(c1C)OC1(CCN(c3cnc4ccccc4n3)CC1)CC2=O. The summed E-state index contributed by atoms with van der Waals surface area (Å²) in [5.41, 5.74) is 4.38. The van der Waals surface area contributed by atoms with Gasteiger partial charge in [0.05, 0.1) is 29.2 Å². The number of fused-ring (bicyclic) bond motifs is 2. The number of carbonyl (C=O) groups is 1. The molecule has 0 amide bonds. The van der Waals surface area contributed by atoms with Crippen LogP contribution in [0.2, 0.25) is 0 Å². The zero-order valence-electron chi connectivity index (χ0n) is 16.2. The Morgan fingerprint density at radius 3 is 2.57 bits per heavy atom. The van der Waals surface area contributed by atoms with Crippen LogP contribution in [0.15, 0.2) is 42.6 Å². The predicted molar refractivity (Wildman–Crippen MR) is 109 cm³/mol. The van der Waals surface area contributed by atoms with Gasteiger partial charge >= 0.3 is 0 Å². The van der Waals surface area contributed by atoms with Gasteiger partial charge in [0.25, 0.3) is 0 Å². The quantitative estimate of drug-likeness (QED) is 0.638. The Morgan fingerprint density at radius 2 is 1.79 bits per heavy atom. The Kier molecular flexibility index (Phi) is 3.86. The summed E-state index contributed by atoms with van der Waals surface area (Å²) in [6.45, 7) is 5.72. The summed E-state index contributed by atoms with van der Waals surface area (Å²) in [5, 5.41) is 0. The minimum atomic E-state index is -0.399. The van der Waals surface area contributed by atoms with Crippen molar-refractivity contribution < 1.29 is 9.53 Å². The number of piperidine rings is 1. The molecule has 3 aromatic rings. The van der Waals surface area contributed by atoms with E-state index in [0.717, 1.165) is 65.2 Å². The maximum atomic E-state index is 12.8. The van der Waals surface area contributed by atoms with Gasteiger partial charge in [0, 0.05) is 25.9 Å². The van der Waals surface area contributed by atoms with Crippen molar-refractivity contribution in [3.05, 3.63) is 59.3 Å². The fourth-order valence-electron chi connectivity index (χ4n) is 4.30. The van der Waals surface area contributed by atoms with Gasteiger partial charge in [-0.1, -0.05) is 18.2 Å². The number of Topliss-reactive ketones (excluding diaryl/α,β-unsaturated/α-hetero) is 1. The van der Waals surface area contributed by atoms with Crippen LogP contribution in [0.1, 0.15) is 40.7 Å². The molecule has 5 heteroatoms. The summed E-state index contributed by atoms with van der Waals surface area (Å²) in [6, 6.07) is 11.8. The maximum Gasteiger partial charge on any atom is 0.170 e. The van der Waals surface area contributed by atoms with Gasteiger partial charge in [-0.25, -0.2) is 4.98 Å². The van der Waals surface area contributed by atoms with Crippen LogP contribution >= 0.6 is 0 Å². The van der Waals surface area contributed by atoms with E-state index in [1.54, 1.807) is 0 Å². The summed E-state index contributed by atoms with van der Waals surface area (Å²) in [7, 11) is 0. The number of rotatable bonds is 1. The van der Waals surface area contributed by atoms with Gasteiger partial charge in [-0.05, 0) is 43.2 Å². The molecule has 1 saturated heterocycles. The molecular weight excluding hydrogens is 350 g/mol. The Morgan fingerprint density at radius 1 is 1.04 bits per heavy atom. The minimum absolute atomic E-state index is 0.197. The first kappa shape index (κ1) is 17.2. The second-order valence-corrected chi connectivity index (χ2v) is 7.97. The van der Waals surface area contributed by atoms with Gasteiger partial charge < -0.3 is 9.64 Å². The molecule has 2 aliphatic heterocycles. The molecule has 0 atom stereocenters. The summed E-state index contributed by atoms with van der Waals surface area (Å²) in [5.74, 6) is 1.88. The Labute approximate surface area is 164 Å². The van der Waals surface area contributed by atoms with Crippen molar-refractivity contribution in [2.75, 3.05) is 18.0 Å². The van der Waals surface area contributed by atoms with Gasteiger partial charge in [0.1, 0.15) is 17.2 Å². The van der Waals surface area contributed by atoms with E-state index in [1.165, 1.54) is 0 Å². The van der Waals surface area contributed by atoms with Crippen molar-refractivity contribution in [1.29, 1.82) is 0 Å². The summed E-state index contributed by atoms with van der Waals surface area (Å²) < 4.78 is 6.51. The van der Waals surface area contributed by atoms with E-state index in [4.69, 9.17) is 9.72 Å². The van der Waals surface area contributed by atoms with Crippen molar-refractivity contribution in [3.63, 3.8) is 0 Å². The summed E-state index contributed by atoms with van der Waals surface area (Å²) in [4.78, 5) is 24.4. The molecule has 0 bridgehead atoms. The first-order chi connectivity index (χ1) is 13.5. The molecule has 0 N–H and O–H groups in total. The largest absolute Gasteiger partial charge is 0.486 e. The standard InChI is InChI=1S/C23H23N3O2/c1-15-7-8-17-20(27)13-23(28-22(17)16(15)2)9-11-26(12-10-23)21-14-24-18-5-3-4-6-19(18)25-21/h3-8,14H,9-13H2,1-2H3. The molecule has 5 rings (SSSR count). The molecular formula is C23H23N3O2. The molecule has 3 heterocycles. The van der Waals surface area contributed by atoms with Crippen molar-refractivity contribution in [1.82, 2.24) is 9.97 Å². The lowest BCUT2D eigenvalue weighted by Gasteiger charge is -2.44. The first-order valence-electron chi connectivity index (χ1n) is 9.84. The molecule has 0 radical (unpaired) electrons. The number of ether oxygens (including phenoxy) is 1. The fourth-order valence-corrected chi connectivity index (χ4v) is 4.30. The second kappa shape index (κ2) is 6.30. The molecule has 0 unspecified atom stereocenters. The minimum Gasteiger partial charge on any atom is -0.486 e. The zero-order chi connectivity index (χ0) is 19.3. The molecule has 0 aliphatic carbocycles. The molecule has 1 spiro atoms. The lowest BCUT2D eigenvalue weighted by atomic mass is 9.81. The average Bonchev–Trinajstić information content (AvgIpc) is 2.71. The van der Waals surface area contributed by atoms with E-state index in [1.807, 2.05) is 49.5 Å². The lowest BCUT2D eigenvalue weighted by molar-refractivity contribution is 0.0225. The number of benzene rings is 2. The number of aryl methyl sites for hydroxylation is 1. The predicted octanol–water partition coefficient (Wildman–Crippen LogP) is 4.25. The topological polar surface area (TPSA) is 55.3 Å². The highest BCUT2D eigenvalue weighted by Gasteiger charge is 2.43. The van der Waals surface area contributed by atoms with Crippen LogP contribution in [-0.4, -0.2) is 34.4 Å². The van der Waals surface area contributed by atoms with Gasteiger partial charge in [0.2, 0.25) is 0 Å². The highest BCUT2D eigenvalue weighted by Crippen LogP contribution is 2.42. The molecule has 1 fully saturated rings. The maximum absolute atomic E-state index is 12.8. The Hall–Kier alpha value is -2.95. The van der Waals surface area contributed by atoms with Crippen LogP contribution in [0.4, 0.5) is 5.82 Å².